The number of carbonyl (C=O) groups is 1. The van der Waals surface area contributed by atoms with Crippen molar-refractivity contribution in [2.45, 2.75) is 25.0 Å². The zero-order valence-electron chi connectivity index (χ0n) is 18.2. The third-order valence-electron chi connectivity index (χ3n) is 5.60. The van der Waals surface area contributed by atoms with Gasteiger partial charge in [0.1, 0.15) is 0 Å². The van der Waals surface area contributed by atoms with Crippen molar-refractivity contribution in [3.8, 4) is 0 Å². The Balaban J connectivity index is 1.72. The maximum Gasteiger partial charge on any atom is 0.416 e. The first-order valence-corrected chi connectivity index (χ1v) is 10.6. The Hall–Kier alpha value is -2.63. The SMILES string of the molecule is NC(=O)CN1CCN([C@H](COCc2cc(C(F)(F)F)cc(C(F)(F)F)c2)c2ccccc2)CC1. The summed E-state index contributed by atoms with van der Waals surface area (Å²) in [7, 11) is 0. The molecule has 1 fully saturated rings. The number of rotatable bonds is 8. The fourth-order valence-electron chi connectivity index (χ4n) is 3.93. The molecule has 2 N–H and O–H groups in total. The second-order valence-electron chi connectivity index (χ2n) is 8.13. The van der Waals surface area contributed by atoms with Gasteiger partial charge in [0.25, 0.3) is 0 Å². The Morgan fingerprint density at radius 3 is 1.97 bits per heavy atom. The van der Waals surface area contributed by atoms with E-state index in [0.29, 0.717) is 38.3 Å². The van der Waals surface area contributed by atoms with Crippen LogP contribution in [0.4, 0.5) is 26.3 Å². The lowest BCUT2D eigenvalue weighted by Gasteiger charge is -2.39. The summed E-state index contributed by atoms with van der Waals surface area (Å²) in [5.74, 6) is -0.421. The van der Waals surface area contributed by atoms with Gasteiger partial charge in [-0.05, 0) is 29.3 Å². The van der Waals surface area contributed by atoms with Gasteiger partial charge in [-0.15, -0.1) is 0 Å². The van der Waals surface area contributed by atoms with E-state index in [0.717, 1.165) is 5.56 Å². The van der Waals surface area contributed by atoms with Crippen LogP contribution in [0.1, 0.15) is 28.3 Å². The molecule has 0 saturated carbocycles. The molecule has 2 aromatic rings. The molecule has 0 aromatic heterocycles. The van der Waals surface area contributed by atoms with Gasteiger partial charge in [-0.3, -0.25) is 14.6 Å². The van der Waals surface area contributed by atoms with Crippen molar-refractivity contribution in [2.75, 3.05) is 39.3 Å². The largest absolute Gasteiger partial charge is 0.416 e. The standard InChI is InChI=1S/C23H25F6N3O2/c24-22(25,26)18-10-16(11-19(12-18)23(27,28)29)14-34-15-20(17-4-2-1-3-5-17)32-8-6-31(7-9-32)13-21(30)33/h1-5,10-12,20H,6-9,13-15H2,(H2,30,33)/t20-/m1/s1. The lowest BCUT2D eigenvalue weighted by atomic mass is 10.0. The summed E-state index contributed by atoms with van der Waals surface area (Å²) < 4.78 is 84.3. The first-order valence-electron chi connectivity index (χ1n) is 10.6. The van der Waals surface area contributed by atoms with Crippen molar-refractivity contribution in [1.82, 2.24) is 9.80 Å². The van der Waals surface area contributed by atoms with Gasteiger partial charge in [0.05, 0.1) is 36.9 Å². The molecule has 2 aromatic carbocycles. The van der Waals surface area contributed by atoms with E-state index in [4.69, 9.17) is 10.5 Å². The van der Waals surface area contributed by atoms with Crippen LogP contribution in [0.15, 0.2) is 48.5 Å². The maximum absolute atomic E-state index is 13.1. The zero-order chi connectivity index (χ0) is 24.9. The molecule has 1 aliphatic heterocycles. The first kappa shape index (κ1) is 26.0. The number of nitrogens with zero attached hydrogens (tertiary/aromatic N) is 2. The topological polar surface area (TPSA) is 58.8 Å². The number of nitrogens with two attached hydrogens (primary N) is 1. The molecule has 1 atom stereocenters. The van der Waals surface area contributed by atoms with E-state index >= 15 is 0 Å². The molecule has 0 aliphatic carbocycles. The van der Waals surface area contributed by atoms with Crippen LogP contribution < -0.4 is 5.73 Å². The van der Waals surface area contributed by atoms with E-state index in [1.54, 1.807) is 0 Å². The average molecular weight is 489 g/mol. The Kier molecular flexibility index (Phi) is 8.21. The van der Waals surface area contributed by atoms with E-state index in [2.05, 4.69) is 4.90 Å². The average Bonchev–Trinajstić information content (AvgIpc) is 2.76. The van der Waals surface area contributed by atoms with Gasteiger partial charge < -0.3 is 10.5 Å². The predicted octanol–water partition coefficient (Wildman–Crippen LogP) is 4.09. The summed E-state index contributed by atoms with van der Waals surface area (Å²) in [6.45, 7) is 2.19. The van der Waals surface area contributed by atoms with Crippen molar-refractivity contribution >= 4 is 5.91 Å². The number of alkyl halides is 6. The van der Waals surface area contributed by atoms with Gasteiger partial charge >= 0.3 is 12.4 Å². The lowest BCUT2D eigenvalue weighted by Crippen LogP contribution is -2.50. The van der Waals surface area contributed by atoms with E-state index in [9.17, 15) is 31.1 Å². The summed E-state index contributed by atoms with van der Waals surface area (Å²) in [4.78, 5) is 15.2. The smallest absolute Gasteiger partial charge is 0.375 e. The fourth-order valence-corrected chi connectivity index (χ4v) is 3.93. The molecule has 5 nitrogen and oxygen atoms in total. The van der Waals surface area contributed by atoms with Crippen molar-refractivity contribution in [3.05, 3.63) is 70.8 Å². The van der Waals surface area contributed by atoms with Crippen LogP contribution in [0.3, 0.4) is 0 Å². The number of piperazine rings is 1. The van der Waals surface area contributed by atoms with E-state index < -0.39 is 36.0 Å². The van der Waals surface area contributed by atoms with E-state index in [1.807, 2.05) is 35.2 Å². The summed E-state index contributed by atoms with van der Waals surface area (Å²) in [6, 6.07) is 10.5. The second-order valence-corrected chi connectivity index (χ2v) is 8.13. The third-order valence-corrected chi connectivity index (χ3v) is 5.60. The highest BCUT2D eigenvalue weighted by molar-refractivity contribution is 5.75. The molecule has 1 amide bonds. The number of carbonyl (C=O) groups excluding carboxylic acids is 1. The Bertz CT molecular complexity index is 925. The van der Waals surface area contributed by atoms with Crippen LogP contribution >= 0.6 is 0 Å². The molecule has 11 heteroatoms. The van der Waals surface area contributed by atoms with Crippen LogP contribution in [0.5, 0.6) is 0 Å². The maximum atomic E-state index is 13.1. The number of amides is 1. The normalized spacial score (nSPS) is 17.0. The Morgan fingerprint density at radius 1 is 0.912 bits per heavy atom. The summed E-state index contributed by atoms with van der Waals surface area (Å²) in [6.07, 6.45) is -9.82. The highest BCUT2D eigenvalue weighted by Crippen LogP contribution is 2.36. The summed E-state index contributed by atoms with van der Waals surface area (Å²) in [5, 5.41) is 0. The van der Waals surface area contributed by atoms with Crippen LogP contribution in [0, 0.1) is 0 Å². The highest BCUT2D eigenvalue weighted by Gasteiger charge is 2.37. The van der Waals surface area contributed by atoms with Gasteiger partial charge in [-0.2, -0.15) is 26.3 Å². The quantitative estimate of drug-likeness (QED) is 0.568. The lowest BCUT2D eigenvalue weighted by molar-refractivity contribution is -0.143. The predicted molar refractivity (Wildman–Crippen MR) is 112 cm³/mol. The molecular formula is C23H25F6N3O2. The minimum absolute atomic E-state index is 0.0669. The molecule has 34 heavy (non-hydrogen) atoms. The highest BCUT2D eigenvalue weighted by atomic mass is 19.4. The number of hydrogen-bond donors (Lipinski definition) is 1. The molecule has 0 radical (unpaired) electrons. The molecular weight excluding hydrogens is 464 g/mol. The van der Waals surface area contributed by atoms with Crippen molar-refractivity contribution < 1.29 is 35.9 Å². The van der Waals surface area contributed by atoms with Crippen molar-refractivity contribution in [2.24, 2.45) is 5.73 Å². The zero-order valence-corrected chi connectivity index (χ0v) is 18.2. The van der Waals surface area contributed by atoms with Crippen molar-refractivity contribution in [3.63, 3.8) is 0 Å². The summed E-state index contributed by atoms with van der Waals surface area (Å²) in [5.41, 5.74) is 3.21. The van der Waals surface area contributed by atoms with Crippen LogP contribution in [-0.2, 0) is 28.5 Å². The minimum atomic E-state index is -4.91. The van der Waals surface area contributed by atoms with Gasteiger partial charge in [0.2, 0.25) is 5.91 Å². The second kappa shape index (κ2) is 10.7. The molecule has 186 valence electrons. The van der Waals surface area contributed by atoms with Crippen LogP contribution in [0.2, 0.25) is 0 Å². The molecule has 0 bridgehead atoms. The molecule has 0 spiro atoms. The van der Waals surface area contributed by atoms with Gasteiger partial charge in [0, 0.05) is 26.2 Å². The number of hydrogen-bond acceptors (Lipinski definition) is 4. The third kappa shape index (κ3) is 7.18. The molecule has 1 saturated heterocycles. The Labute approximate surface area is 193 Å². The molecule has 3 rings (SSSR count). The monoisotopic (exact) mass is 489 g/mol. The van der Waals surface area contributed by atoms with Gasteiger partial charge in [-0.25, -0.2) is 0 Å². The molecule has 1 aliphatic rings. The minimum Gasteiger partial charge on any atom is -0.375 e. The first-order chi connectivity index (χ1) is 15.9. The van der Waals surface area contributed by atoms with E-state index in [-0.39, 0.29) is 30.8 Å². The fraction of sp³-hybridized carbons (Fsp3) is 0.435. The van der Waals surface area contributed by atoms with Crippen LogP contribution in [-0.4, -0.2) is 55.0 Å². The van der Waals surface area contributed by atoms with Gasteiger partial charge in [-0.1, -0.05) is 30.3 Å². The molecule has 1 heterocycles. The molecule has 0 unspecified atom stereocenters. The Morgan fingerprint density at radius 2 is 1.47 bits per heavy atom. The number of benzene rings is 2. The number of halogens is 6. The van der Waals surface area contributed by atoms with Crippen molar-refractivity contribution in [1.29, 1.82) is 0 Å². The summed E-state index contributed by atoms with van der Waals surface area (Å²) >= 11 is 0. The number of ether oxygens (including phenoxy) is 1. The van der Waals surface area contributed by atoms with Crippen LogP contribution in [0.25, 0.3) is 0 Å². The van der Waals surface area contributed by atoms with Gasteiger partial charge in [0.15, 0.2) is 0 Å². The number of primary amides is 1. The van der Waals surface area contributed by atoms with E-state index in [1.165, 1.54) is 0 Å².